The lowest BCUT2D eigenvalue weighted by Gasteiger charge is -2.21. The predicted octanol–water partition coefficient (Wildman–Crippen LogP) is 3.38. The van der Waals surface area contributed by atoms with Crippen LogP contribution in [-0.2, 0) is 16.0 Å². The molecule has 0 heterocycles. The van der Waals surface area contributed by atoms with Crippen LogP contribution in [0, 0.1) is 0 Å². The van der Waals surface area contributed by atoms with Crippen LogP contribution >= 0.6 is 0 Å². The van der Waals surface area contributed by atoms with E-state index >= 15 is 0 Å². The number of nitrogens with one attached hydrogen (secondary N) is 1. The number of carboxylic acid groups (broad SMARTS) is 1. The topological polar surface area (TPSA) is 105 Å². The Labute approximate surface area is 187 Å². The number of anilines is 1. The van der Waals surface area contributed by atoms with E-state index in [0.29, 0.717) is 28.3 Å². The van der Waals surface area contributed by atoms with Gasteiger partial charge in [-0.05, 0) is 56.3 Å². The van der Waals surface area contributed by atoms with Crippen molar-refractivity contribution in [3.8, 4) is 11.5 Å². The van der Waals surface area contributed by atoms with Gasteiger partial charge in [-0.1, -0.05) is 11.6 Å². The molecule has 170 valence electrons. The number of amides is 2. The quantitative estimate of drug-likeness (QED) is 0.549. The molecule has 0 saturated carbocycles. The van der Waals surface area contributed by atoms with E-state index in [9.17, 15) is 14.4 Å². The van der Waals surface area contributed by atoms with E-state index in [-0.39, 0.29) is 18.9 Å². The van der Waals surface area contributed by atoms with Gasteiger partial charge in [0.2, 0.25) is 5.91 Å². The Balaban J connectivity index is 2.09. The van der Waals surface area contributed by atoms with Crippen molar-refractivity contribution in [2.45, 2.75) is 20.3 Å². The maximum absolute atomic E-state index is 12.8. The molecule has 0 aliphatic heterocycles. The third-order valence-corrected chi connectivity index (χ3v) is 4.80. The number of hydrogen-bond donors (Lipinski definition) is 2. The fraction of sp³-hybridized carbons (Fsp3) is 0.292. The number of rotatable bonds is 10. The van der Waals surface area contributed by atoms with Crippen molar-refractivity contribution in [3.05, 3.63) is 65.2 Å². The van der Waals surface area contributed by atoms with Crippen molar-refractivity contribution >= 4 is 23.5 Å². The summed E-state index contributed by atoms with van der Waals surface area (Å²) >= 11 is 0. The lowest BCUT2D eigenvalue weighted by Crippen LogP contribution is -2.36. The summed E-state index contributed by atoms with van der Waals surface area (Å²) < 4.78 is 10.5. The van der Waals surface area contributed by atoms with Gasteiger partial charge in [-0.2, -0.15) is 0 Å². The second kappa shape index (κ2) is 11.5. The lowest BCUT2D eigenvalue weighted by molar-refractivity contribution is -0.137. The third-order valence-electron chi connectivity index (χ3n) is 4.80. The number of nitrogens with zero attached hydrogens (tertiary/aromatic N) is 1. The van der Waals surface area contributed by atoms with Gasteiger partial charge in [-0.25, -0.2) is 0 Å². The summed E-state index contributed by atoms with van der Waals surface area (Å²) in [5.74, 6) is -0.536. The third kappa shape index (κ3) is 6.87. The SMILES string of the molecule is CC=C(C)CN(CC(=O)O)C(=O)c1ccc(NC(=O)Cc2cc(OC)ccc2OC)cc1. The average molecular weight is 440 g/mol. The largest absolute Gasteiger partial charge is 0.497 e. The summed E-state index contributed by atoms with van der Waals surface area (Å²) in [4.78, 5) is 37.7. The number of allylic oxidation sites excluding steroid dienone is 1. The van der Waals surface area contributed by atoms with Gasteiger partial charge >= 0.3 is 5.97 Å². The Morgan fingerprint density at radius 2 is 1.72 bits per heavy atom. The Kier molecular flexibility index (Phi) is 8.83. The highest BCUT2D eigenvalue weighted by atomic mass is 16.5. The predicted molar refractivity (Wildman–Crippen MR) is 121 cm³/mol. The zero-order valence-electron chi connectivity index (χ0n) is 18.7. The van der Waals surface area contributed by atoms with Crippen LogP contribution in [0.3, 0.4) is 0 Å². The van der Waals surface area contributed by atoms with Gasteiger partial charge in [0.25, 0.3) is 5.91 Å². The highest BCUT2D eigenvalue weighted by Gasteiger charge is 2.19. The van der Waals surface area contributed by atoms with Crippen LogP contribution in [0.25, 0.3) is 0 Å². The number of aliphatic carboxylic acids is 1. The minimum absolute atomic E-state index is 0.0794. The molecule has 2 aromatic rings. The number of carbonyl (C=O) groups is 3. The molecular weight excluding hydrogens is 412 g/mol. The van der Waals surface area contributed by atoms with E-state index in [2.05, 4.69) is 5.32 Å². The monoisotopic (exact) mass is 440 g/mol. The van der Waals surface area contributed by atoms with Crippen LogP contribution in [0.4, 0.5) is 5.69 Å². The molecule has 0 saturated heterocycles. The Hall–Kier alpha value is -3.81. The molecule has 0 aliphatic rings. The zero-order chi connectivity index (χ0) is 23.7. The first-order chi connectivity index (χ1) is 15.3. The van der Waals surface area contributed by atoms with Crippen molar-refractivity contribution in [3.63, 3.8) is 0 Å². The van der Waals surface area contributed by atoms with Crippen LogP contribution < -0.4 is 14.8 Å². The highest BCUT2D eigenvalue weighted by molar-refractivity contribution is 5.97. The van der Waals surface area contributed by atoms with Crippen LogP contribution in [-0.4, -0.2) is 55.1 Å². The highest BCUT2D eigenvalue weighted by Crippen LogP contribution is 2.24. The Morgan fingerprint density at radius 3 is 2.28 bits per heavy atom. The number of ether oxygens (including phenoxy) is 2. The summed E-state index contributed by atoms with van der Waals surface area (Å²) in [5, 5.41) is 11.9. The molecule has 8 heteroatoms. The zero-order valence-corrected chi connectivity index (χ0v) is 18.7. The number of carbonyl (C=O) groups excluding carboxylic acids is 2. The van der Waals surface area contributed by atoms with E-state index in [4.69, 9.17) is 14.6 Å². The summed E-state index contributed by atoms with van der Waals surface area (Å²) in [6.45, 7) is 3.49. The van der Waals surface area contributed by atoms with E-state index < -0.39 is 18.4 Å². The fourth-order valence-electron chi connectivity index (χ4n) is 3.03. The van der Waals surface area contributed by atoms with Gasteiger partial charge in [0.15, 0.2) is 0 Å². The van der Waals surface area contributed by atoms with Gasteiger partial charge in [-0.3, -0.25) is 14.4 Å². The van der Waals surface area contributed by atoms with E-state index in [1.165, 1.54) is 12.0 Å². The van der Waals surface area contributed by atoms with E-state index in [1.807, 2.05) is 19.9 Å². The number of hydrogen-bond acceptors (Lipinski definition) is 5. The van der Waals surface area contributed by atoms with E-state index in [0.717, 1.165) is 5.57 Å². The molecule has 2 N–H and O–H groups in total. The van der Waals surface area contributed by atoms with Crippen molar-refractivity contribution in [1.29, 1.82) is 0 Å². The van der Waals surface area contributed by atoms with Gasteiger partial charge in [-0.15, -0.1) is 0 Å². The summed E-state index contributed by atoms with van der Waals surface area (Å²) in [7, 11) is 3.08. The summed E-state index contributed by atoms with van der Waals surface area (Å²) in [6, 6.07) is 11.6. The molecule has 2 aromatic carbocycles. The van der Waals surface area contributed by atoms with Gasteiger partial charge < -0.3 is 24.8 Å². The van der Waals surface area contributed by atoms with Crippen molar-refractivity contribution in [1.82, 2.24) is 4.90 Å². The second-order valence-corrected chi connectivity index (χ2v) is 7.17. The minimum Gasteiger partial charge on any atom is -0.497 e. The molecule has 8 nitrogen and oxygen atoms in total. The molecule has 0 aromatic heterocycles. The van der Waals surface area contributed by atoms with Crippen LogP contribution in [0.1, 0.15) is 29.8 Å². The van der Waals surface area contributed by atoms with Crippen LogP contribution in [0.15, 0.2) is 54.1 Å². The molecule has 0 bridgehead atoms. The molecule has 2 rings (SSSR count). The second-order valence-electron chi connectivity index (χ2n) is 7.17. The normalized spacial score (nSPS) is 10.9. The van der Waals surface area contributed by atoms with Crippen molar-refractivity contribution in [2.75, 3.05) is 32.6 Å². The van der Waals surface area contributed by atoms with Gasteiger partial charge in [0.1, 0.15) is 18.0 Å². The van der Waals surface area contributed by atoms with E-state index in [1.54, 1.807) is 49.6 Å². The lowest BCUT2D eigenvalue weighted by atomic mass is 10.1. The van der Waals surface area contributed by atoms with Crippen LogP contribution in [0.2, 0.25) is 0 Å². The van der Waals surface area contributed by atoms with Gasteiger partial charge in [0.05, 0.1) is 20.6 Å². The van der Waals surface area contributed by atoms with Crippen LogP contribution in [0.5, 0.6) is 11.5 Å². The maximum atomic E-state index is 12.8. The molecule has 0 fully saturated rings. The fourth-order valence-corrected chi connectivity index (χ4v) is 3.03. The first kappa shape index (κ1) is 24.5. The summed E-state index contributed by atoms with van der Waals surface area (Å²) in [5.41, 5.74) is 2.42. The summed E-state index contributed by atoms with van der Waals surface area (Å²) in [6.07, 6.45) is 1.91. The molecule has 32 heavy (non-hydrogen) atoms. The molecule has 0 unspecified atom stereocenters. The maximum Gasteiger partial charge on any atom is 0.323 e. The smallest absolute Gasteiger partial charge is 0.323 e. The minimum atomic E-state index is -1.08. The van der Waals surface area contributed by atoms with Crippen molar-refractivity contribution in [2.24, 2.45) is 0 Å². The molecular formula is C24H28N2O6. The first-order valence-corrected chi connectivity index (χ1v) is 10.0. The molecule has 0 radical (unpaired) electrons. The standard InChI is InChI=1S/C24H28N2O6/c1-5-16(2)14-26(15-23(28)29)24(30)17-6-8-19(9-7-17)25-22(27)13-18-12-20(31-3)10-11-21(18)32-4/h5-12H,13-15H2,1-4H3,(H,25,27)(H,28,29). The average Bonchev–Trinajstić information content (AvgIpc) is 2.78. The first-order valence-electron chi connectivity index (χ1n) is 10.0. The molecule has 0 aliphatic carbocycles. The number of carboxylic acids is 1. The Bertz CT molecular complexity index is 998. The molecule has 0 atom stereocenters. The number of methoxy groups -OCH3 is 2. The molecule has 0 spiro atoms. The van der Waals surface area contributed by atoms with Crippen molar-refractivity contribution < 1.29 is 29.0 Å². The Morgan fingerprint density at radius 1 is 1.03 bits per heavy atom. The molecule has 2 amide bonds. The van der Waals surface area contributed by atoms with Gasteiger partial charge in [0, 0.05) is 23.4 Å². The number of benzene rings is 2.